The number of rotatable bonds is 9. The number of carbonyl (C=O) groups excluding carboxylic acids is 2. The van der Waals surface area contributed by atoms with Gasteiger partial charge in [0.15, 0.2) is 11.5 Å². The molecular formula is C25H23ClN2O5S. The van der Waals surface area contributed by atoms with E-state index in [1.54, 1.807) is 36.0 Å². The quantitative estimate of drug-likeness (QED) is 0.141. The lowest BCUT2D eigenvalue weighted by atomic mass is 10.1. The van der Waals surface area contributed by atoms with E-state index in [4.69, 9.17) is 25.8 Å². The zero-order valence-corrected chi connectivity index (χ0v) is 20.4. The molecule has 34 heavy (non-hydrogen) atoms. The largest absolute Gasteiger partial charge is 0.493 e. The topological polar surface area (TPSA) is 86.2 Å². The average Bonchev–Trinajstić information content (AvgIpc) is 2.84. The Morgan fingerprint density at radius 2 is 1.62 bits per heavy atom. The second kappa shape index (κ2) is 12.1. The van der Waals surface area contributed by atoms with E-state index in [9.17, 15) is 9.59 Å². The first-order valence-corrected chi connectivity index (χ1v) is 11.5. The molecule has 0 atom stereocenters. The van der Waals surface area contributed by atoms with Gasteiger partial charge in [-0.15, -0.1) is 11.8 Å². The van der Waals surface area contributed by atoms with Gasteiger partial charge in [0.05, 0.1) is 20.4 Å². The molecule has 176 valence electrons. The highest BCUT2D eigenvalue weighted by Crippen LogP contribution is 2.38. The average molecular weight is 499 g/mol. The summed E-state index contributed by atoms with van der Waals surface area (Å²) in [6.07, 6.45) is 1.44. The first-order valence-electron chi connectivity index (χ1n) is 10.1. The number of esters is 1. The van der Waals surface area contributed by atoms with E-state index >= 15 is 0 Å². The third kappa shape index (κ3) is 7.00. The maximum atomic E-state index is 12.4. The third-order valence-corrected chi connectivity index (χ3v) is 5.88. The minimum absolute atomic E-state index is 0.174. The Bertz CT molecular complexity index is 1160. The molecule has 0 aliphatic rings. The van der Waals surface area contributed by atoms with Crippen LogP contribution in [0.15, 0.2) is 70.7 Å². The molecule has 0 fully saturated rings. The van der Waals surface area contributed by atoms with Crippen molar-refractivity contribution in [2.75, 3.05) is 14.2 Å². The molecule has 3 rings (SSSR count). The van der Waals surface area contributed by atoms with E-state index in [0.29, 0.717) is 27.6 Å². The molecule has 0 bridgehead atoms. The van der Waals surface area contributed by atoms with Crippen molar-refractivity contribution in [3.8, 4) is 17.2 Å². The lowest BCUT2D eigenvalue weighted by Gasteiger charge is -2.13. The summed E-state index contributed by atoms with van der Waals surface area (Å²) in [5.74, 6) is 0.703. The summed E-state index contributed by atoms with van der Waals surface area (Å²) in [5, 5.41) is 4.71. The smallest absolute Gasteiger partial charge is 0.308 e. The molecule has 3 aromatic rings. The highest BCUT2D eigenvalue weighted by Gasteiger charge is 2.15. The van der Waals surface area contributed by atoms with Gasteiger partial charge in [-0.1, -0.05) is 23.7 Å². The Morgan fingerprint density at radius 3 is 2.18 bits per heavy atom. The van der Waals surface area contributed by atoms with Crippen molar-refractivity contribution in [3.63, 3.8) is 0 Å². The van der Waals surface area contributed by atoms with Gasteiger partial charge in [0.25, 0.3) is 5.91 Å². The summed E-state index contributed by atoms with van der Waals surface area (Å²) in [6.45, 7) is 1.29. The van der Waals surface area contributed by atoms with E-state index in [1.165, 1.54) is 27.4 Å². The summed E-state index contributed by atoms with van der Waals surface area (Å²) < 4.78 is 15.7. The monoisotopic (exact) mass is 498 g/mol. The van der Waals surface area contributed by atoms with Crippen molar-refractivity contribution < 1.29 is 23.8 Å². The SMILES string of the molecule is COc1cc(/C=N/NC(=O)c2ccc(CSc3ccc(Cl)cc3)cc2)cc(OC)c1OC(C)=O. The van der Waals surface area contributed by atoms with Crippen LogP contribution in [0.3, 0.4) is 0 Å². The van der Waals surface area contributed by atoms with Gasteiger partial charge in [-0.3, -0.25) is 9.59 Å². The van der Waals surface area contributed by atoms with Gasteiger partial charge in [-0.05, 0) is 54.1 Å². The van der Waals surface area contributed by atoms with Gasteiger partial charge < -0.3 is 14.2 Å². The number of methoxy groups -OCH3 is 2. The summed E-state index contributed by atoms with van der Waals surface area (Å²) in [6, 6.07) is 18.2. The predicted octanol–water partition coefficient (Wildman–Crippen LogP) is 5.34. The highest BCUT2D eigenvalue weighted by molar-refractivity contribution is 7.98. The molecule has 7 nitrogen and oxygen atoms in total. The van der Waals surface area contributed by atoms with E-state index in [0.717, 1.165) is 16.2 Å². The molecule has 0 unspecified atom stereocenters. The Hall–Kier alpha value is -3.49. The number of amides is 1. The molecule has 0 saturated carbocycles. The van der Waals surface area contributed by atoms with Crippen molar-refractivity contribution in [1.82, 2.24) is 5.43 Å². The Balaban J connectivity index is 1.61. The van der Waals surface area contributed by atoms with E-state index < -0.39 is 5.97 Å². The number of hydrogen-bond acceptors (Lipinski definition) is 7. The molecule has 0 aliphatic heterocycles. The zero-order valence-electron chi connectivity index (χ0n) is 18.8. The van der Waals surface area contributed by atoms with Crippen molar-refractivity contribution in [1.29, 1.82) is 0 Å². The van der Waals surface area contributed by atoms with Gasteiger partial charge in [-0.2, -0.15) is 5.10 Å². The van der Waals surface area contributed by atoms with Gasteiger partial charge in [0, 0.05) is 33.7 Å². The van der Waals surface area contributed by atoms with Crippen LogP contribution in [-0.2, 0) is 10.5 Å². The predicted molar refractivity (Wildman–Crippen MR) is 133 cm³/mol. The van der Waals surface area contributed by atoms with Crippen LogP contribution in [0.4, 0.5) is 0 Å². The number of nitrogens with one attached hydrogen (secondary N) is 1. The maximum Gasteiger partial charge on any atom is 0.308 e. The summed E-state index contributed by atoms with van der Waals surface area (Å²) in [7, 11) is 2.89. The third-order valence-electron chi connectivity index (χ3n) is 4.54. The van der Waals surface area contributed by atoms with Crippen LogP contribution in [0.25, 0.3) is 0 Å². The summed E-state index contributed by atoms with van der Waals surface area (Å²) in [5.41, 5.74) is 4.65. The van der Waals surface area contributed by atoms with Crippen LogP contribution in [-0.4, -0.2) is 32.3 Å². The van der Waals surface area contributed by atoms with Crippen LogP contribution >= 0.6 is 23.4 Å². The molecule has 9 heteroatoms. The van der Waals surface area contributed by atoms with Crippen molar-refractivity contribution in [2.45, 2.75) is 17.6 Å². The van der Waals surface area contributed by atoms with E-state index in [1.807, 2.05) is 36.4 Å². The highest BCUT2D eigenvalue weighted by atomic mass is 35.5. The van der Waals surface area contributed by atoms with Crippen LogP contribution in [0.2, 0.25) is 5.02 Å². The summed E-state index contributed by atoms with van der Waals surface area (Å²) >= 11 is 7.60. The lowest BCUT2D eigenvalue weighted by Crippen LogP contribution is -2.17. The molecule has 0 saturated heterocycles. The minimum atomic E-state index is -0.500. The molecule has 0 spiro atoms. The number of hydrazone groups is 1. The maximum absolute atomic E-state index is 12.4. The molecule has 0 aromatic heterocycles. The van der Waals surface area contributed by atoms with Crippen LogP contribution < -0.4 is 19.6 Å². The number of ether oxygens (including phenoxy) is 3. The van der Waals surface area contributed by atoms with Crippen LogP contribution in [0.5, 0.6) is 17.2 Å². The lowest BCUT2D eigenvalue weighted by molar-refractivity contribution is -0.132. The fourth-order valence-electron chi connectivity index (χ4n) is 2.90. The normalized spacial score (nSPS) is 10.7. The molecule has 1 amide bonds. The van der Waals surface area contributed by atoms with Crippen molar-refractivity contribution >= 4 is 41.5 Å². The Labute approximate surface area is 207 Å². The number of hydrogen-bond donors (Lipinski definition) is 1. The molecule has 3 aromatic carbocycles. The zero-order chi connectivity index (χ0) is 24.5. The standard InChI is InChI=1S/C25H23ClN2O5S/c1-16(29)33-24-22(31-2)12-18(13-23(24)32-3)14-27-28-25(30)19-6-4-17(5-7-19)15-34-21-10-8-20(26)9-11-21/h4-14H,15H2,1-3H3,(H,28,30)/b27-14+. The van der Waals surface area contributed by atoms with Crippen LogP contribution in [0, 0.1) is 0 Å². The number of thioether (sulfide) groups is 1. The van der Waals surface area contributed by atoms with Gasteiger partial charge in [0.2, 0.25) is 5.75 Å². The second-order valence-corrected chi connectivity index (χ2v) is 8.47. The first-order chi connectivity index (χ1) is 16.4. The van der Waals surface area contributed by atoms with Gasteiger partial charge in [-0.25, -0.2) is 5.43 Å². The van der Waals surface area contributed by atoms with Gasteiger partial charge >= 0.3 is 5.97 Å². The first kappa shape index (κ1) is 25.1. The van der Waals surface area contributed by atoms with E-state index in [2.05, 4.69) is 10.5 Å². The summed E-state index contributed by atoms with van der Waals surface area (Å²) in [4.78, 5) is 24.9. The number of nitrogens with zero attached hydrogens (tertiary/aromatic N) is 1. The molecule has 1 N–H and O–H groups in total. The van der Waals surface area contributed by atoms with Crippen molar-refractivity contribution in [3.05, 3.63) is 82.4 Å². The fraction of sp³-hybridized carbons (Fsp3) is 0.160. The molecule has 0 radical (unpaired) electrons. The van der Waals surface area contributed by atoms with Crippen LogP contribution in [0.1, 0.15) is 28.4 Å². The molecular weight excluding hydrogens is 476 g/mol. The Kier molecular flexibility index (Phi) is 8.95. The fourth-order valence-corrected chi connectivity index (χ4v) is 3.88. The number of carbonyl (C=O) groups is 2. The molecule has 0 aliphatic carbocycles. The Morgan fingerprint density at radius 1 is 1.00 bits per heavy atom. The van der Waals surface area contributed by atoms with E-state index in [-0.39, 0.29) is 11.7 Å². The molecule has 0 heterocycles. The number of halogens is 1. The minimum Gasteiger partial charge on any atom is -0.493 e. The number of benzene rings is 3. The second-order valence-electron chi connectivity index (χ2n) is 6.99. The van der Waals surface area contributed by atoms with Gasteiger partial charge in [0.1, 0.15) is 0 Å². The van der Waals surface area contributed by atoms with Crippen molar-refractivity contribution in [2.24, 2.45) is 5.10 Å².